The van der Waals surface area contributed by atoms with E-state index in [0.717, 1.165) is 42.5 Å². The van der Waals surface area contributed by atoms with Gasteiger partial charge in [-0.25, -0.2) is 9.18 Å². The Morgan fingerprint density at radius 3 is 2.68 bits per heavy atom. The number of rotatable bonds is 8. The van der Waals surface area contributed by atoms with Gasteiger partial charge in [-0.1, -0.05) is 24.4 Å². The zero-order valence-electron chi connectivity index (χ0n) is 19.7. The molecule has 2 aromatic heterocycles. The highest BCUT2D eigenvalue weighted by atomic mass is 19.1. The maximum atomic E-state index is 15.1. The number of methoxy groups -OCH3 is 1. The average molecular weight is 472 g/mol. The summed E-state index contributed by atoms with van der Waals surface area (Å²) >= 11 is 0. The first-order valence-corrected chi connectivity index (χ1v) is 11.5. The van der Waals surface area contributed by atoms with Gasteiger partial charge in [0.2, 0.25) is 0 Å². The molecule has 1 aliphatic carbocycles. The van der Waals surface area contributed by atoms with Gasteiger partial charge in [0.25, 0.3) is 0 Å². The zero-order chi connectivity index (χ0) is 24.3. The van der Waals surface area contributed by atoms with Crippen molar-refractivity contribution in [3.63, 3.8) is 0 Å². The molecule has 2 N–H and O–H groups in total. The van der Waals surface area contributed by atoms with Gasteiger partial charge in [0, 0.05) is 24.6 Å². The molecule has 2 heterocycles. The van der Waals surface area contributed by atoms with E-state index in [1.165, 1.54) is 6.42 Å². The first kappa shape index (κ1) is 23.9. The third kappa shape index (κ3) is 4.84. The summed E-state index contributed by atoms with van der Waals surface area (Å²) in [5.41, 5.74) is 3.25. The Labute approximate surface area is 197 Å². The second-order valence-electron chi connectivity index (χ2n) is 9.06. The Hall–Kier alpha value is -3.20. The summed E-state index contributed by atoms with van der Waals surface area (Å²) in [6, 6.07) is 5.09. The average Bonchev–Trinajstić information content (AvgIpc) is 3.25. The molecule has 0 saturated heterocycles. The van der Waals surface area contributed by atoms with Crippen LogP contribution in [0.1, 0.15) is 66.0 Å². The van der Waals surface area contributed by atoms with Gasteiger partial charge in [-0.05, 0) is 61.6 Å². The molecule has 0 amide bonds. The molecule has 4 rings (SSSR count). The number of pyridine rings is 1. The van der Waals surface area contributed by atoms with Crippen LogP contribution in [0.4, 0.5) is 4.39 Å². The maximum Gasteiger partial charge on any atom is 0.439 e. The highest BCUT2D eigenvalue weighted by Gasteiger charge is 2.37. The van der Waals surface area contributed by atoms with Crippen molar-refractivity contribution in [2.75, 3.05) is 13.7 Å². The third-order valence-electron chi connectivity index (χ3n) is 6.69. The van der Waals surface area contributed by atoms with Crippen LogP contribution < -0.4 is 10.5 Å². The molecule has 0 aliphatic heterocycles. The number of H-pyrrole nitrogens is 1. The molecule has 0 radical (unpaired) electrons. The predicted molar refractivity (Wildman–Crippen MR) is 123 cm³/mol. The number of aromatic nitrogens is 3. The fourth-order valence-electron chi connectivity index (χ4n) is 4.92. The van der Waals surface area contributed by atoms with Gasteiger partial charge in [0.15, 0.2) is 17.4 Å². The van der Waals surface area contributed by atoms with E-state index < -0.39 is 11.6 Å². The fraction of sp³-hybridized carbons (Fsp3) is 0.480. The summed E-state index contributed by atoms with van der Waals surface area (Å²) in [5.74, 6) is -0.742. The molecule has 0 spiro atoms. The van der Waals surface area contributed by atoms with Gasteiger partial charge < -0.3 is 14.6 Å². The SMILES string of the molecule is COCC1(c2nc(Cc3c(C)cc(OCc4noc(=O)[nH]4)c(F)c3C)ccc2O)CCCCC1. The van der Waals surface area contributed by atoms with Crippen LogP contribution in [-0.2, 0) is 23.2 Å². The second-order valence-corrected chi connectivity index (χ2v) is 9.06. The molecule has 8 nitrogen and oxygen atoms in total. The molecule has 0 bridgehead atoms. The standard InChI is InChI=1S/C25H30FN3O5/c1-15-11-20(33-13-21-28-24(31)34-29-21)22(26)16(2)18(15)12-17-7-8-19(30)23(27-17)25(14-32-3)9-5-4-6-10-25/h7-8,11,30H,4-6,9-10,12-14H2,1-3H3,(H,28,29,31). The minimum absolute atomic E-state index is 0.0724. The molecule has 1 aromatic carbocycles. The van der Waals surface area contributed by atoms with Crippen LogP contribution in [0.3, 0.4) is 0 Å². The lowest BCUT2D eigenvalue weighted by Gasteiger charge is -2.36. The molecule has 1 fully saturated rings. The zero-order valence-corrected chi connectivity index (χ0v) is 19.7. The molecule has 34 heavy (non-hydrogen) atoms. The Balaban J connectivity index is 1.60. The third-order valence-corrected chi connectivity index (χ3v) is 6.69. The van der Waals surface area contributed by atoms with Crippen molar-refractivity contribution in [3.05, 3.63) is 68.5 Å². The van der Waals surface area contributed by atoms with Gasteiger partial charge in [0.05, 0.1) is 12.3 Å². The number of hydrogen-bond acceptors (Lipinski definition) is 7. The molecule has 0 unspecified atom stereocenters. The van der Waals surface area contributed by atoms with Crippen LogP contribution in [0.25, 0.3) is 0 Å². The Morgan fingerprint density at radius 2 is 2.00 bits per heavy atom. The Bertz CT molecular complexity index is 1210. The monoisotopic (exact) mass is 471 g/mol. The van der Waals surface area contributed by atoms with Crippen molar-refractivity contribution in [3.8, 4) is 11.5 Å². The molecule has 1 saturated carbocycles. The van der Waals surface area contributed by atoms with Crippen LogP contribution in [-0.4, -0.2) is 33.9 Å². The fourth-order valence-corrected chi connectivity index (χ4v) is 4.92. The number of halogens is 1. The molecular weight excluding hydrogens is 441 g/mol. The van der Waals surface area contributed by atoms with Crippen LogP contribution in [0.5, 0.6) is 11.5 Å². The number of aryl methyl sites for hydroxylation is 1. The summed E-state index contributed by atoms with van der Waals surface area (Å²) < 4.78 is 30.6. The van der Waals surface area contributed by atoms with Gasteiger partial charge >= 0.3 is 5.76 Å². The number of nitrogens with zero attached hydrogens (tertiary/aromatic N) is 2. The van der Waals surface area contributed by atoms with E-state index >= 15 is 4.39 Å². The summed E-state index contributed by atoms with van der Waals surface area (Å²) in [5, 5.41) is 14.2. The molecule has 1 aliphatic rings. The Kier molecular flexibility index (Phi) is 7.02. The highest BCUT2D eigenvalue weighted by molar-refractivity contribution is 5.45. The van der Waals surface area contributed by atoms with Crippen LogP contribution in [0, 0.1) is 19.7 Å². The van der Waals surface area contributed by atoms with Crippen molar-refractivity contribution in [2.24, 2.45) is 0 Å². The quantitative estimate of drug-likeness (QED) is 0.506. The lowest BCUT2D eigenvalue weighted by atomic mass is 9.71. The molecular formula is C25H30FN3O5. The Morgan fingerprint density at radius 1 is 1.24 bits per heavy atom. The van der Waals surface area contributed by atoms with Crippen molar-refractivity contribution >= 4 is 0 Å². The number of aromatic hydroxyl groups is 1. The number of ether oxygens (including phenoxy) is 2. The van der Waals surface area contributed by atoms with Gasteiger partial charge in [0.1, 0.15) is 12.4 Å². The maximum absolute atomic E-state index is 15.1. The van der Waals surface area contributed by atoms with Crippen LogP contribution in [0.15, 0.2) is 27.5 Å². The summed E-state index contributed by atoms with van der Waals surface area (Å²) in [6.45, 7) is 3.98. The van der Waals surface area contributed by atoms with E-state index in [0.29, 0.717) is 24.3 Å². The van der Waals surface area contributed by atoms with Gasteiger partial charge in [-0.2, -0.15) is 0 Å². The van der Waals surface area contributed by atoms with Crippen molar-refractivity contribution in [1.82, 2.24) is 15.1 Å². The predicted octanol–water partition coefficient (Wildman–Crippen LogP) is 4.24. The number of benzene rings is 1. The molecule has 3 aromatic rings. The molecule has 9 heteroatoms. The van der Waals surface area contributed by atoms with Gasteiger partial charge in [-0.15, -0.1) is 0 Å². The number of hydrogen-bond donors (Lipinski definition) is 2. The smallest absolute Gasteiger partial charge is 0.439 e. The molecule has 0 atom stereocenters. The summed E-state index contributed by atoms with van der Waals surface area (Å²) in [6.07, 6.45) is 5.57. The first-order chi connectivity index (χ1) is 16.3. The van der Waals surface area contributed by atoms with Crippen LogP contribution in [0.2, 0.25) is 0 Å². The minimum Gasteiger partial charge on any atom is -0.506 e. The normalized spacial score (nSPS) is 15.4. The molecule has 182 valence electrons. The van der Waals surface area contributed by atoms with Crippen molar-refractivity contribution in [2.45, 2.75) is 64.4 Å². The van der Waals surface area contributed by atoms with E-state index in [2.05, 4.69) is 14.7 Å². The van der Waals surface area contributed by atoms with Crippen LogP contribution >= 0.6 is 0 Å². The lowest BCUT2D eigenvalue weighted by molar-refractivity contribution is 0.0987. The minimum atomic E-state index is -0.692. The summed E-state index contributed by atoms with van der Waals surface area (Å²) in [7, 11) is 1.68. The highest BCUT2D eigenvalue weighted by Crippen LogP contribution is 2.42. The number of aromatic amines is 1. The van der Waals surface area contributed by atoms with Crippen molar-refractivity contribution in [1.29, 1.82) is 0 Å². The largest absolute Gasteiger partial charge is 0.506 e. The van der Waals surface area contributed by atoms with Gasteiger partial charge in [-0.3, -0.25) is 14.5 Å². The number of nitrogens with one attached hydrogen (secondary N) is 1. The van der Waals surface area contributed by atoms with E-state index in [1.807, 2.05) is 6.92 Å². The van der Waals surface area contributed by atoms with E-state index in [9.17, 15) is 9.90 Å². The first-order valence-electron chi connectivity index (χ1n) is 11.5. The topological polar surface area (TPSA) is 110 Å². The van der Waals surface area contributed by atoms with E-state index in [4.69, 9.17) is 14.5 Å². The second kappa shape index (κ2) is 9.97. The van der Waals surface area contributed by atoms with Crippen molar-refractivity contribution < 1.29 is 23.5 Å². The van der Waals surface area contributed by atoms with E-state index in [-0.39, 0.29) is 29.3 Å². The lowest BCUT2D eigenvalue weighted by Crippen LogP contribution is -2.35. The van der Waals surface area contributed by atoms with E-state index in [1.54, 1.807) is 32.2 Å². The summed E-state index contributed by atoms with van der Waals surface area (Å²) in [4.78, 5) is 18.3.